The molecule has 0 radical (unpaired) electrons. The first-order chi connectivity index (χ1) is 18.9. The Balaban J connectivity index is 1.93. The predicted molar refractivity (Wildman–Crippen MR) is 156 cm³/mol. The molecule has 1 atom stereocenters. The molecule has 40 heavy (non-hydrogen) atoms. The molecule has 1 aromatic heterocycles. The second-order valence-corrected chi connectivity index (χ2v) is 12.2. The normalized spacial score (nSPS) is 12.3. The van der Waals surface area contributed by atoms with E-state index < -0.39 is 16.1 Å². The molecular formula is C30H40N4O5S. The average Bonchev–Trinajstić information content (AvgIpc) is 3.23. The van der Waals surface area contributed by atoms with Crippen molar-refractivity contribution < 1.29 is 22.5 Å². The Bertz CT molecular complexity index is 1430. The molecular weight excluding hydrogens is 528 g/mol. The minimum atomic E-state index is -3.97. The first kappa shape index (κ1) is 30.9. The summed E-state index contributed by atoms with van der Waals surface area (Å²) >= 11 is 0. The quantitative estimate of drug-likeness (QED) is 0.313. The van der Waals surface area contributed by atoms with Crippen LogP contribution in [0.1, 0.15) is 56.9 Å². The fourth-order valence-electron chi connectivity index (χ4n) is 4.47. The van der Waals surface area contributed by atoms with Gasteiger partial charge in [-0.15, -0.1) is 0 Å². The van der Waals surface area contributed by atoms with Gasteiger partial charge in [0.1, 0.15) is 6.04 Å². The summed E-state index contributed by atoms with van der Waals surface area (Å²) in [5, 5.41) is 3.83. The maximum atomic E-state index is 13.3. The van der Waals surface area contributed by atoms with Gasteiger partial charge in [-0.3, -0.25) is 9.59 Å². The Kier molecular flexibility index (Phi) is 10.1. The molecule has 3 aromatic rings. The highest BCUT2D eigenvalue weighted by molar-refractivity contribution is 7.92. The average molecular weight is 569 g/mol. The molecule has 2 amide bonds. The number of unbranched alkanes of at least 4 members (excludes halogenated alkanes) is 1. The van der Waals surface area contributed by atoms with E-state index >= 15 is 0 Å². The Morgan fingerprint density at radius 3 is 2.23 bits per heavy atom. The zero-order chi connectivity index (χ0) is 29.6. The number of likely N-dealkylation sites (N-methyl/N-ethyl adjacent to an activating group) is 1. The van der Waals surface area contributed by atoms with Crippen molar-refractivity contribution in [3.05, 3.63) is 65.4 Å². The van der Waals surface area contributed by atoms with Crippen molar-refractivity contribution in [1.82, 2.24) is 15.0 Å². The first-order valence-electron chi connectivity index (χ1n) is 13.5. The lowest BCUT2D eigenvalue weighted by molar-refractivity contribution is -0.147. The molecule has 10 heteroatoms. The van der Waals surface area contributed by atoms with E-state index in [0.717, 1.165) is 18.4 Å². The molecule has 1 heterocycles. The van der Waals surface area contributed by atoms with Crippen molar-refractivity contribution >= 4 is 27.7 Å². The third kappa shape index (κ3) is 7.10. The van der Waals surface area contributed by atoms with Crippen LogP contribution >= 0.6 is 0 Å². The molecule has 0 aliphatic heterocycles. The molecule has 2 aromatic carbocycles. The highest BCUT2D eigenvalue weighted by atomic mass is 32.2. The number of carbonyl (C=O) groups excluding carboxylic acids is 2. The van der Waals surface area contributed by atoms with E-state index in [1.54, 1.807) is 57.1 Å². The van der Waals surface area contributed by atoms with Crippen LogP contribution in [0.2, 0.25) is 0 Å². The van der Waals surface area contributed by atoms with Gasteiger partial charge in [0.2, 0.25) is 17.7 Å². The van der Waals surface area contributed by atoms with E-state index in [4.69, 9.17) is 4.52 Å². The molecule has 0 saturated carbocycles. The third-order valence-electron chi connectivity index (χ3n) is 6.90. The largest absolute Gasteiger partial charge is 0.347 e. The van der Waals surface area contributed by atoms with Crippen molar-refractivity contribution in [1.29, 1.82) is 0 Å². The maximum Gasteiger partial charge on any atom is 0.264 e. The number of sulfonamides is 1. The zero-order valence-electron chi connectivity index (χ0n) is 24.4. The Labute approximate surface area is 237 Å². The third-order valence-corrected chi connectivity index (χ3v) is 8.29. The van der Waals surface area contributed by atoms with Crippen molar-refractivity contribution in [2.24, 2.45) is 5.92 Å². The summed E-state index contributed by atoms with van der Waals surface area (Å²) in [7, 11) is -0.566. The van der Waals surface area contributed by atoms with Crippen LogP contribution < -0.4 is 4.72 Å². The number of nitrogens with zero attached hydrogens (tertiary/aromatic N) is 3. The van der Waals surface area contributed by atoms with Crippen LogP contribution in [0.4, 0.5) is 5.88 Å². The van der Waals surface area contributed by atoms with Crippen molar-refractivity contribution in [3.8, 4) is 11.1 Å². The van der Waals surface area contributed by atoms with Crippen LogP contribution in [0.3, 0.4) is 0 Å². The summed E-state index contributed by atoms with van der Waals surface area (Å²) in [4.78, 5) is 29.7. The molecule has 0 saturated heterocycles. The number of rotatable bonds is 12. The van der Waals surface area contributed by atoms with Crippen molar-refractivity contribution in [3.63, 3.8) is 0 Å². The molecule has 3 rings (SSSR count). The number of aromatic nitrogens is 1. The second kappa shape index (κ2) is 13.1. The maximum absolute atomic E-state index is 13.3. The molecule has 1 unspecified atom stereocenters. The van der Waals surface area contributed by atoms with Crippen molar-refractivity contribution in [2.45, 2.75) is 71.4 Å². The van der Waals surface area contributed by atoms with E-state index in [1.807, 2.05) is 45.0 Å². The molecule has 216 valence electrons. The van der Waals surface area contributed by atoms with Gasteiger partial charge in [0.15, 0.2) is 0 Å². The monoisotopic (exact) mass is 568 g/mol. The van der Waals surface area contributed by atoms with Crippen LogP contribution in [0.25, 0.3) is 11.1 Å². The number of nitrogens with one attached hydrogen (secondary N) is 1. The van der Waals surface area contributed by atoms with Gasteiger partial charge >= 0.3 is 0 Å². The molecule has 0 fully saturated rings. The van der Waals surface area contributed by atoms with Gasteiger partial charge < -0.3 is 14.3 Å². The summed E-state index contributed by atoms with van der Waals surface area (Å²) in [6.07, 6.45) is 2.01. The van der Waals surface area contributed by atoms with E-state index in [0.29, 0.717) is 28.8 Å². The van der Waals surface area contributed by atoms with Gasteiger partial charge in [-0.2, -0.15) is 0 Å². The summed E-state index contributed by atoms with van der Waals surface area (Å²) < 4.78 is 34.3. The summed E-state index contributed by atoms with van der Waals surface area (Å²) in [5.74, 6) is -0.149. The van der Waals surface area contributed by atoms with E-state index in [9.17, 15) is 18.0 Å². The first-order valence-corrected chi connectivity index (χ1v) is 15.0. The highest BCUT2D eigenvalue weighted by Crippen LogP contribution is 2.30. The van der Waals surface area contributed by atoms with E-state index in [1.165, 1.54) is 4.90 Å². The lowest BCUT2D eigenvalue weighted by Crippen LogP contribution is -2.51. The van der Waals surface area contributed by atoms with Crippen LogP contribution in [0.15, 0.2) is 57.9 Å². The zero-order valence-corrected chi connectivity index (χ0v) is 25.2. The number of anilines is 1. The van der Waals surface area contributed by atoms with Crippen LogP contribution in [-0.4, -0.2) is 55.3 Å². The van der Waals surface area contributed by atoms with Gasteiger partial charge in [0, 0.05) is 38.2 Å². The second-order valence-electron chi connectivity index (χ2n) is 10.6. The summed E-state index contributed by atoms with van der Waals surface area (Å²) in [5.41, 5.74) is 3.29. The fraction of sp³-hybridized carbons (Fsp3) is 0.433. The smallest absolute Gasteiger partial charge is 0.264 e. The Morgan fingerprint density at radius 1 is 1.02 bits per heavy atom. The van der Waals surface area contributed by atoms with Crippen LogP contribution in [0.5, 0.6) is 0 Å². The molecule has 9 nitrogen and oxygen atoms in total. The van der Waals surface area contributed by atoms with E-state index in [2.05, 4.69) is 9.88 Å². The van der Waals surface area contributed by atoms with Gasteiger partial charge in [-0.1, -0.05) is 74.8 Å². The van der Waals surface area contributed by atoms with Crippen LogP contribution in [0, 0.1) is 19.8 Å². The Hall–Kier alpha value is -3.66. The molecule has 0 aliphatic rings. The SMILES string of the molecule is CCCCC(=O)N(Cc1ccc(-c2ccccc2S(=O)(=O)Nc2onc(C)c2C)cc1)C(C(=O)N(C)C)C(C)C. The number of amides is 2. The number of benzene rings is 2. The van der Waals surface area contributed by atoms with Gasteiger partial charge in [-0.25, -0.2) is 13.1 Å². The lowest BCUT2D eigenvalue weighted by Gasteiger charge is -2.35. The van der Waals surface area contributed by atoms with Crippen LogP contribution in [-0.2, 0) is 26.2 Å². The van der Waals surface area contributed by atoms with Gasteiger partial charge in [-0.05, 0) is 43.4 Å². The molecule has 0 bridgehead atoms. The molecule has 0 aliphatic carbocycles. The van der Waals surface area contributed by atoms with E-state index in [-0.39, 0.29) is 35.1 Å². The highest BCUT2D eigenvalue weighted by Gasteiger charge is 2.33. The fourth-order valence-corrected chi connectivity index (χ4v) is 5.75. The molecule has 0 spiro atoms. The van der Waals surface area contributed by atoms with Gasteiger partial charge in [0.25, 0.3) is 10.0 Å². The minimum Gasteiger partial charge on any atom is -0.347 e. The molecule has 1 N–H and O–H groups in total. The number of hydrogen-bond donors (Lipinski definition) is 1. The lowest BCUT2D eigenvalue weighted by atomic mass is 9.98. The number of aryl methyl sites for hydroxylation is 1. The number of hydrogen-bond acceptors (Lipinski definition) is 6. The van der Waals surface area contributed by atoms with Gasteiger partial charge in [0.05, 0.1) is 10.6 Å². The van der Waals surface area contributed by atoms with Crippen molar-refractivity contribution in [2.75, 3.05) is 18.8 Å². The summed E-state index contributed by atoms with van der Waals surface area (Å²) in [6.45, 7) is 9.68. The standard InChI is InChI=1S/C30H40N4O5S/c1-8-9-14-27(35)34(28(20(2)3)30(36)33(6)7)19-23-15-17-24(18-16-23)25-12-10-11-13-26(25)40(37,38)32-29-21(4)22(5)31-39-29/h10-13,15-18,20,28,32H,8-9,14,19H2,1-7H3. The summed E-state index contributed by atoms with van der Waals surface area (Å²) in [6, 6.07) is 13.5. The minimum absolute atomic E-state index is 0.0553. The predicted octanol–water partition coefficient (Wildman–Crippen LogP) is 5.39. The Morgan fingerprint density at radius 2 is 1.68 bits per heavy atom. The number of carbonyl (C=O) groups is 2. The topological polar surface area (TPSA) is 113 Å².